The van der Waals surface area contributed by atoms with Gasteiger partial charge in [-0.25, -0.2) is 4.79 Å². The first-order valence-corrected chi connectivity index (χ1v) is 9.70. The van der Waals surface area contributed by atoms with E-state index in [2.05, 4.69) is 17.6 Å². The van der Waals surface area contributed by atoms with Crippen LogP contribution in [0.4, 0.5) is 0 Å². The second-order valence-electron chi connectivity index (χ2n) is 6.89. The molecule has 0 aliphatic carbocycles. The van der Waals surface area contributed by atoms with Gasteiger partial charge in [0, 0.05) is 17.0 Å². The number of unbranched alkanes of at least 4 members (excludes halogenated alkanes) is 1. The molecule has 0 fully saturated rings. The molecule has 0 saturated carbocycles. The fraction of sp³-hybridized carbons (Fsp3) is 0.429. The van der Waals surface area contributed by atoms with Crippen LogP contribution in [0.3, 0.4) is 0 Å². The maximum absolute atomic E-state index is 12.2. The third-order valence-corrected chi connectivity index (χ3v) is 4.52. The van der Waals surface area contributed by atoms with Gasteiger partial charge in [-0.3, -0.25) is 9.59 Å². The van der Waals surface area contributed by atoms with E-state index in [9.17, 15) is 24.3 Å². The molecule has 2 amide bonds. The molecule has 0 bridgehead atoms. The van der Waals surface area contributed by atoms with Crippen molar-refractivity contribution in [2.45, 2.75) is 46.1 Å². The average molecular weight is 417 g/mol. The highest BCUT2D eigenvalue weighted by Gasteiger charge is 2.18. The predicted molar refractivity (Wildman–Crippen MR) is 107 cm³/mol. The molecular weight excluding hydrogens is 392 g/mol. The van der Waals surface area contributed by atoms with Crippen LogP contribution >= 0.6 is 0 Å². The number of carboxylic acids is 1. The third-order valence-electron chi connectivity index (χ3n) is 4.52. The van der Waals surface area contributed by atoms with Crippen molar-refractivity contribution in [3.05, 3.63) is 39.7 Å². The lowest BCUT2D eigenvalue weighted by Crippen LogP contribution is -2.45. The number of carbonyl (C=O) groups excluding carboxylic acids is 3. The number of fused-ring (bicyclic) bond motifs is 1. The van der Waals surface area contributed by atoms with Gasteiger partial charge in [-0.1, -0.05) is 13.3 Å². The number of carboxylic acid groups (broad SMARTS) is 1. The molecular formula is C21H25N2O7-. The van der Waals surface area contributed by atoms with Crippen LogP contribution in [0.25, 0.3) is 11.0 Å². The molecule has 0 saturated heterocycles. The molecule has 30 heavy (non-hydrogen) atoms. The molecule has 1 heterocycles. The molecule has 2 aromatic rings. The molecule has 162 valence electrons. The summed E-state index contributed by atoms with van der Waals surface area (Å²) in [6, 6.07) is 5.01. The Labute approximate surface area is 173 Å². The van der Waals surface area contributed by atoms with E-state index in [-0.39, 0.29) is 0 Å². The largest absolute Gasteiger partial charge is 0.548 e. The van der Waals surface area contributed by atoms with E-state index < -0.39 is 42.6 Å². The van der Waals surface area contributed by atoms with Crippen LogP contribution in [0, 0.1) is 6.92 Å². The van der Waals surface area contributed by atoms with Crippen molar-refractivity contribution in [1.29, 1.82) is 0 Å². The summed E-state index contributed by atoms with van der Waals surface area (Å²) >= 11 is 0. The number of aryl methyl sites for hydroxylation is 2. The van der Waals surface area contributed by atoms with Crippen LogP contribution in [0.2, 0.25) is 0 Å². The molecule has 2 rings (SSSR count). The van der Waals surface area contributed by atoms with Gasteiger partial charge in [0.25, 0.3) is 5.91 Å². The summed E-state index contributed by atoms with van der Waals surface area (Å²) in [5.41, 5.74) is 1.48. The summed E-state index contributed by atoms with van der Waals surface area (Å²) in [4.78, 5) is 45.9. The molecule has 0 spiro atoms. The number of carbonyl (C=O) groups is 3. The Bertz CT molecular complexity index is 997. The third kappa shape index (κ3) is 6.07. The minimum atomic E-state index is -1.43. The molecule has 9 nitrogen and oxygen atoms in total. The first kappa shape index (κ1) is 22.9. The van der Waals surface area contributed by atoms with Gasteiger partial charge in [0.15, 0.2) is 6.10 Å². The minimum Gasteiger partial charge on any atom is -0.548 e. The van der Waals surface area contributed by atoms with Crippen molar-refractivity contribution >= 4 is 28.8 Å². The lowest BCUT2D eigenvalue weighted by molar-refractivity contribution is -0.304. The highest BCUT2D eigenvalue weighted by molar-refractivity contribution is 5.88. The monoisotopic (exact) mass is 417 g/mol. The Morgan fingerprint density at radius 1 is 1.20 bits per heavy atom. The molecule has 9 heteroatoms. The summed E-state index contributed by atoms with van der Waals surface area (Å²) in [7, 11) is 0. The van der Waals surface area contributed by atoms with Crippen molar-refractivity contribution in [3.8, 4) is 5.75 Å². The van der Waals surface area contributed by atoms with Crippen molar-refractivity contribution in [2.75, 3.05) is 13.1 Å². The average Bonchev–Trinajstić information content (AvgIpc) is 2.70. The summed E-state index contributed by atoms with van der Waals surface area (Å²) < 4.78 is 11.1. The van der Waals surface area contributed by atoms with Crippen molar-refractivity contribution < 1.29 is 28.6 Å². The number of amides is 2. The highest BCUT2D eigenvalue weighted by Crippen LogP contribution is 2.29. The first-order chi connectivity index (χ1) is 14.2. The van der Waals surface area contributed by atoms with Gasteiger partial charge < -0.3 is 29.7 Å². The number of rotatable bonds is 10. The Morgan fingerprint density at radius 3 is 2.60 bits per heavy atom. The number of nitrogens with one attached hydrogen (secondary N) is 2. The van der Waals surface area contributed by atoms with Crippen LogP contribution in [0.15, 0.2) is 27.4 Å². The molecule has 1 atom stereocenters. The standard InChI is InChI=1S/C21H26N2O7/c1-4-5-6-14-9-19(27)30-20-12(2)16(8-7-15(14)20)29-13(3)21(28)23-10-17(24)22-11-18(25)26/h7-9,13H,4-6,10-11H2,1-3H3,(H,22,24)(H,23,28)(H,25,26)/p-1/t13-/m0/s1. The summed E-state index contributed by atoms with van der Waals surface area (Å²) in [6.45, 7) is 4.28. The van der Waals surface area contributed by atoms with Crippen LogP contribution in [-0.2, 0) is 20.8 Å². The second kappa shape index (κ2) is 10.4. The SMILES string of the molecule is CCCCc1cc(=O)oc2c(C)c(O[C@@H](C)C(=O)NCC(=O)NCC(=O)[O-])ccc12. The van der Waals surface area contributed by atoms with Crippen molar-refractivity contribution in [1.82, 2.24) is 10.6 Å². The Balaban J connectivity index is 2.10. The van der Waals surface area contributed by atoms with E-state index in [4.69, 9.17) is 9.15 Å². The van der Waals surface area contributed by atoms with Gasteiger partial charge in [0.2, 0.25) is 5.91 Å². The molecule has 0 aliphatic heterocycles. The summed E-state index contributed by atoms with van der Waals surface area (Å²) in [5.74, 6) is -2.27. The van der Waals surface area contributed by atoms with Crippen LogP contribution in [-0.4, -0.2) is 37.0 Å². The Morgan fingerprint density at radius 2 is 1.93 bits per heavy atom. The fourth-order valence-corrected chi connectivity index (χ4v) is 2.90. The van der Waals surface area contributed by atoms with E-state index in [0.29, 0.717) is 16.9 Å². The molecule has 2 N–H and O–H groups in total. The van der Waals surface area contributed by atoms with Crippen LogP contribution in [0.5, 0.6) is 5.75 Å². The molecule has 0 radical (unpaired) electrons. The highest BCUT2D eigenvalue weighted by atomic mass is 16.5. The van der Waals surface area contributed by atoms with Gasteiger partial charge in [0.1, 0.15) is 11.3 Å². The normalized spacial score (nSPS) is 11.7. The van der Waals surface area contributed by atoms with E-state index >= 15 is 0 Å². The van der Waals surface area contributed by atoms with Crippen LogP contribution in [0.1, 0.15) is 37.8 Å². The van der Waals surface area contributed by atoms with E-state index in [0.717, 1.165) is 30.2 Å². The van der Waals surface area contributed by atoms with Crippen molar-refractivity contribution in [2.24, 2.45) is 0 Å². The molecule has 0 unspecified atom stereocenters. The van der Waals surface area contributed by atoms with E-state index in [1.54, 1.807) is 19.1 Å². The Hall–Kier alpha value is -3.36. The van der Waals surface area contributed by atoms with Crippen LogP contribution < -0.4 is 26.1 Å². The van der Waals surface area contributed by atoms with E-state index in [1.807, 2.05) is 0 Å². The zero-order valence-electron chi connectivity index (χ0n) is 17.2. The Kier molecular flexibility index (Phi) is 7.97. The minimum absolute atomic E-state index is 0.377. The molecule has 0 aliphatic rings. The van der Waals surface area contributed by atoms with Gasteiger partial charge >= 0.3 is 5.63 Å². The lowest BCUT2D eigenvalue weighted by Gasteiger charge is -2.17. The van der Waals surface area contributed by atoms with Gasteiger partial charge in [0.05, 0.1) is 19.1 Å². The zero-order valence-corrected chi connectivity index (χ0v) is 17.2. The fourth-order valence-electron chi connectivity index (χ4n) is 2.90. The number of aliphatic carboxylic acids is 1. The zero-order chi connectivity index (χ0) is 22.3. The smallest absolute Gasteiger partial charge is 0.336 e. The number of hydrogen-bond acceptors (Lipinski definition) is 7. The molecule has 1 aromatic heterocycles. The van der Waals surface area contributed by atoms with Gasteiger partial charge in [-0.2, -0.15) is 0 Å². The topological polar surface area (TPSA) is 138 Å². The van der Waals surface area contributed by atoms with Gasteiger partial charge in [-0.05, 0) is 44.4 Å². The maximum atomic E-state index is 12.2. The van der Waals surface area contributed by atoms with E-state index in [1.165, 1.54) is 13.0 Å². The van der Waals surface area contributed by atoms with Crippen molar-refractivity contribution in [3.63, 3.8) is 0 Å². The number of ether oxygens (including phenoxy) is 1. The second-order valence-corrected chi connectivity index (χ2v) is 6.89. The maximum Gasteiger partial charge on any atom is 0.336 e. The first-order valence-electron chi connectivity index (χ1n) is 9.70. The summed E-state index contributed by atoms with van der Waals surface area (Å²) in [6.07, 6.45) is 1.77. The van der Waals surface area contributed by atoms with Gasteiger partial charge in [-0.15, -0.1) is 0 Å². The number of benzene rings is 1. The molecule has 1 aromatic carbocycles. The number of hydrogen-bond donors (Lipinski definition) is 2. The predicted octanol–water partition coefficient (Wildman–Crippen LogP) is 0.194. The quantitative estimate of drug-likeness (QED) is 0.527. The summed E-state index contributed by atoms with van der Waals surface area (Å²) in [5, 5.41) is 15.6. The lowest BCUT2D eigenvalue weighted by atomic mass is 10.0.